The van der Waals surface area contributed by atoms with Gasteiger partial charge in [-0.2, -0.15) is 0 Å². The third-order valence-corrected chi connectivity index (χ3v) is 5.14. The van der Waals surface area contributed by atoms with E-state index in [1.165, 1.54) is 25.7 Å². The Kier molecular flexibility index (Phi) is 1.88. The summed E-state index contributed by atoms with van der Waals surface area (Å²) in [5.74, 6) is 3.97. The summed E-state index contributed by atoms with van der Waals surface area (Å²) in [6.45, 7) is 6.98. The number of hydrogen-bond donors (Lipinski definition) is 0. The molecule has 0 saturated heterocycles. The zero-order valence-corrected chi connectivity index (χ0v) is 10.1. The van der Waals surface area contributed by atoms with E-state index in [9.17, 15) is 4.79 Å². The Hall–Kier alpha value is -0.330. The lowest BCUT2D eigenvalue weighted by molar-refractivity contribution is -0.153. The Morgan fingerprint density at radius 3 is 2.47 bits per heavy atom. The minimum absolute atomic E-state index is 0.332. The highest BCUT2D eigenvalue weighted by molar-refractivity contribution is 5.85. The van der Waals surface area contributed by atoms with Gasteiger partial charge in [-0.05, 0) is 48.9 Å². The van der Waals surface area contributed by atoms with Gasteiger partial charge in [0.2, 0.25) is 0 Å². The number of ketones is 1. The molecule has 5 atom stereocenters. The topological polar surface area (TPSA) is 17.1 Å². The van der Waals surface area contributed by atoms with Crippen molar-refractivity contribution in [2.75, 3.05) is 0 Å². The van der Waals surface area contributed by atoms with Crippen LogP contribution in [0.15, 0.2) is 0 Å². The minimum Gasteiger partial charge on any atom is -0.299 e. The Morgan fingerprint density at radius 1 is 1.07 bits per heavy atom. The first kappa shape index (κ1) is 9.86. The molecule has 4 rings (SSSR count). The van der Waals surface area contributed by atoms with Crippen LogP contribution in [0.4, 0.5) is 0 Å². The van der Waals surface area contributed by atoms with Crippen molar-refractivity contribution in [1.82, 2.24) is 0 Å². The molecule has 84 valence electrons. The third kappa shape index (κ3) is 1.31. The molecule has 0 aromatic carbocycles. The van der Waals surface area contributed by atoms with Gasteiger partial charge in [-0.1, -0.05) is 20.8 Å². The number of rotatable bonds is 0. The van der Waals surface area contributed by atoms with E-state index in [0.29, 0.717) is 29.0 Å². The summed E-state index contributed by atoms with van der Waals surface area (Å²) in [7, 11) is 0. The van der Waals surface area contributed by atoms with Gasteiger partial charge in [-0.3, -0.25) is 4.79 Å². The van der Waals surface area contributed by atoms with E-state index in [1.54, 1.807) is 0 Å². The number of hydrogen-bond acceptors (Lipinski definition) is 1. The molecule has 4 aliphatic carbocycles. The molecule has 0 spiro atoms. The fourth-order valence-electron chi connectivity index (χ4n) is 4.94. The van der Waals surface area contributed by atoms with Gasteiger partial charge >= 0.3 is 0 Å². The molecule has 4 saturated carbocycles. The van der Waals surface area contributed by atoms with Crippen LogP contribution in [0.5, 0.6) is 0 Å². The van der Waals surface area contributed by atoms with Crippen LogP contribution in [0.1, 0.15) is 46.5 Å². The molecular formula is C14H22O. The lowest BCUT2D eigenvalue weighted by atomic mass is 9.47. The van der Waals surface area contributed by atoms with E-state index in [0.717, 1.165) is 11.8 Å². The first-order valence-corrected chi connectivity index (χ1v) is 6.50. The SMILES string of the molecule is CC(C)(C)[C@H]1C2CC3CC(C2)C(=O)C1C3. The van der Waals surface area contributed by atoms with Gasteiger partial charge in [-0.25, -0.2) is 0 Å². The lowest BCUT2D eigenvalue weighted by Gasteiger charge is -2.57. The van der Waals surface area contributed by atoms with Crippen LogP contribution in [0.3, 0.4) is 0 Å². The summed E-state index contributed by atoms with van der Waals surface area (Å²) in [5, 5.41) is 0. The number of carbonyl (C=O) groups excluding carboxylic acids is 1. The first-order valence-electron chi connectivity index (χ1n) is 6.50. The van der Waals surface area contributed by atoms with Crippen molar-refractivity contribution >= 4 is 5.78 Å². The maximum absolute atomic E-state index is 12.2. The lowest BCUT2D eigenvalue weighted by Crippen LogP contribution is -2.54. The molecule has 0 amide bonds. The molecule has 1 nitrogen and oxygen atoms in total. The van der Waals surface area contributed by atoms with Crippen LogP contribution in [-0.2, 0) is 4.79 Å². The second-order valence-electron chi connectivity index (χ2n) is 7.17. The fourth-order valence-corrected chi connectivity index (χ4v) is 4.94. The normalized spacial score (nSPS) is 48.7. The van der Waals surface area contributed by atoms with E-state index >= 15 is 0 Å². The van der Waals surface area contributed by atoms with Crippen molar-refractivity contribution in [2.45, 2.75) is 46.5 Å². The molecule has 4 unspecified atom stereocenters. The summed E-state index contributed by atoms with van der Waals surface area (Å²) in [5.41, 5.74) is 0.332. The van der Waals surface area contributed by atoms with Crippen LogP contribution < -0.4 is 0 Å². The van der Waals surface area contributed by atoms with E-state index in [2.05, 4.69) is 20.8 Å². The Morgan fingerprint density at radius 2 is 1.80 bits per heavy atom. The van der Waals surface area contributed by atoms with Crippen LogP contribution in [0.2, 0.25) is 0 Å². The predicted octanol–water partition coefficient (Wildman–Crippen LogP) is 3.28. The van der Waals surface area contributed by atoms with Gasteiger partial charge in [0.25, 0.3) is 0 Å². The number of carbonyl (C=O) groups is 1. The Balaban J connectivity index is 1.96. The van der Waals surface area contributed by atoms with Crippen molar-refractivity contribution in [3.63, 3.8) is 0 Å². The van der Waals surface area contributed by atoms with Crippen LogP contribution in [0, 0.1) is 35.0 Å². The molecule has 4 aliphatic rings. The minimum atomic E-state index is 0.332. The van der Waals surface area contributed by atoms with Gasteiger partial charge in [-0.15, -0.1) is 0 Å². The average molecular weight is 206 g/mol. The summed E-state index contributed by atoms with van der Waals surface area (Å²) < 4.78 is 0. The maximum Gasteiger partial charge on any atom is 0.139 e. The summed E-state index contributed by atoms with van der Waals surface area (Å²) in [4.78, 5) is 12.2. The Bertz CT molecular complexity index is 299. The van der Waals surface area contributed by atoms with Crippen molar-refractivity contribution < 1.29 is 4.79 Å². The van der Waals surface area contributed by atoms with E-state index < -0.39 is 0 Å². The Labute approximate surface area is 92.6 Å². The molecular weight excluding hydrogens is 184 g/mol. The van der Waals surface area contributed by atoms with Gasteiger partial charge < -0.3 is 0 Å². The molecule has 0 aromatic rings. The van der Waals surface area contributed by atoms with Gasteiger partial charge in [0.15, 0.2) is 0 Å². The van der Waals surface area contributed by atoms with Gasteiger partial charge in [0, 0.05) is 11.8 Å². The first-order chi connectivity index (χ1) is 6.97. The molecule has 4 bridgehead atoms. The molecule has 15 heavy (non-hydrogen) atoms. The summed E-state index contributed by atoms with van der Waals surface area (Å²) >= 11 is 0. The second kappa shape index (κ2) is 2.87. The average Bonchev–Trinajstić information content (AvgIpc) is 2.10. The third-order valence-electron chi connectivity index (χ3n) is 5.14. The molecule has 0 aliphatic heterocycles. The van der Waals surface area contributed by atoms with E-state index in [4.69, 9.17) is 0 Å². The van der Waals surface area contributed by atoms with Crippen molar-refractivity contribution in [2.24, 2.45) is 35.0 Å². The highest BCUT2D eigenvalue weighted by Crippen LogP contribution is 2.59. The molecule has 4 fully saturated rings. The molecule has 0 N–H and O–H groups in total. The monoisotopic (exact) mass is 206 g/mol. The molecule has 0 radical (unpaired) electrons. The predicted molar refractivity (Wildman–Crippen MR) is 60.4 cm³/mol. The van der Waals surface area contributed by atoms with Gasteiger partial charge in [0.1, 0.15) is 5.78 Å². The quantitative estimate of drug-likeness (QED) is 0.594. The maximum atomic E-state index is 12.2. The zero-order valence-electron chi connectivity index (χ0n) is 10.1. The number of Topliss-reactive ketones (excluding diaryl/α,β-unsaturated/α-hetero) is 1. The largest absolute Gasteiger partial charge is 0.299 e. The zero-order chi connectivity index (χ0) is 10.8. The summed E-state index contributed by atoms with van der Waals surface area (Å²) in [6, 6.07) is 0. The molecule has 0 aromatic heterocycles. The highest BCUT2D eigenvalue weighted by atomic mass is 16.1. The van der Waals surface area contributed by atoms with Crippen LogP contribution >= 0.6 is 0 Å². The smallest absolute Gasteiger partial charge is 0.139 e. The fraction of sp³-hybridized carbons (Fsp3) is 0.929. The van der Waals surface area contributed by atoms with Crippen LogP contribution in [-0.4, -0.2) is 5.78 Å². The van der Waals surface area contributed by atoms with E-state index in [1.807, 2.05) is 0 Å². The standard InChI is InChI=1S/C14H22O/c1-14(2,3)12-9-4-8-5-10(7-9)13(15)11(12)6-8/h8-12H,4-7H2,1-3H3/t8?,9?,10?,11?,12-/m0/s1. The van der Waals surface area contributed by atoms with Crippen LogP contribution in [0.25, 0.3) is 0 Å². The molecule has 1 heteroatoms. The second-order valence-corrected chi connectivity index (χ2v) is 7.17. The molecule has 0 heterocycles. The summed E-state index contributed by atoms with van der Waals surface area (Å²) in [6.07, 6.45) is 5.08. The highest BCUT2D eigenvalue weighted by Gasteiger charge is 2.55. The van der Waals surface area contributed by atoms with Crippen molar-refractivity contribution in [3.05, 3.63) is 0 Å². The van der Waals surface area contributed by atoms with E-state index in [-0.39, 0.29) is 0 Å². The van der Waals surface area contributed by atoms with Gasteiger partial charge in [0.05, 0.1) is 0 Å². The van der Waals surface area contributed by atoms with Crippen molar-refractivity contribution in [1.29, 1.82) is 0 Å². The van der Waals surface area contributed by atoms with Crippen molar-refractivity contribution in [3.8, 4) is 0 Å².